The number of anilines is 2. The van der Waals surface area contributed by atoms with Gasteiger partial charge in [0.15, 0.2) is 0 Å². The molecule has 0 aliphatic carbocycles. The van der Waals surface area contributed by atoms with Gasteiger partial charge >= 0.3 is 0 Å². The number of amides is 1. The van der Waals surface area contributed by atoms with Gasteiger partial charge in [0, 0.05) is 25.0 Å². The van der Waals surface area contributed by atoms with Gasteiger partial charge < -0.3 is 9.64 Å². The number of benzene rings is 2. The Morgan fingerprint density at radius 2 is 2.12 bits per heavy atom. The van der Waals surface area contributed by atoms with Crippen LogP contribution in [0.4, 0.5) is 15.8 Å². The average molecular weight is 399 g/mol. The van der Waals surface area contributed by atoms with Crippen molar-refractivity contribution in [1.82, 2.24) is 0 Å². The number of rotatable bonds is 5. The molecule has 3 rings (SSSR count). The predicted molar refractivity (Wildman–Crippen MR) is 96.6 cm³/mol. The molecule has 1 amide bonds. The van der Waals surface area contributed by atoms with E-state index in [1.165, 1.54) is 25.3 Å². The highest BCUT2D eigenvalue weighted by Crippen LogP contribution is 2.32. The smallest absolute Gasteiger partial charge is 0.266 e. The van der Waals surface area contributed by atoms with Crippen molar-refractivity contribution in [2.75, 3.05) is 29.9 Å². The third kappa shape index (κ3) is 3.53. The minimum absolute atomic E-state index is 0.0282. The van der Waals surface area contributed by atoms with Crippen molar-refractivity contribution in [1.29, 1.82) is 0 Å². The lowest BCUT2D eigenvalue weighted by Crippen LogP contribution is -2.31. The van der Waals surface area contributed by atoms with Crippen LogP contribution in [-0.2, 0) is 26.0 Å². The number of carbonyl (C=O) groups is 1. The van der Waals surface area contributed by atoms with Crippen LogP contribution in [0.25, 0.3) is 0 Å². The van der Waals surface area contributed by atoms with Gasteiger partial charge in [-0.05, 0) is 42.3 Å². The van der Waals surface area contributed by atoms with E-state index >= 15 is 0 Å². The number of carbonyl (C=O) groups excluding carboxylic acids is 1. The third-order valence-corrected chi connectivity index (χ3v) is 5.87. The minimum Gasteiger partial charge on any atom is -0.375 e. The van der Waals surface area contributed by atoms with Gasteiger partial charge in [-0.2, -0.15) is 0 Å². The maximum absolute atomic E-state index is 13.9. The zero-order chi connectivity index (χ0) is 18.9. The number of hydrogen-bond donors (Lipinski definition) is 1. The van der Waals surface area contributed by atoms with Crippen LogP contribution >= 0.6 is 11.6 Å². The molecular weight excluding hydrogens is 383 g/mol. The molecule has 0 atom stereocenters. The number of sulfonamides is 1. The Bertz CT molecular complexity index is 945. The molecule has 0 saturated heterocycles. The first-order valence-corrected chi connectivity index (χ1v) is 9.58. The molecule has 0 spiro atoms. The van der Waals surface area contributed by atoms with Crippen LogP contribution in [0.3, 0.4) is 0 Å². The van der Waals surface area contributed by atoms with Crippen molar-refractivity contribution in [3.05, 3.63) is 52.8 Å². The number of nitrogens with zero attached hydrogens (tertiary/aromatic N) is 1. The van der Waals surface area contributed by atoms with Gasteiger partial charge in [0.2, 0.25) is 0 Å². The van der Waals surface area contributed by atoms with Crippen LogP contribution < -0.4 is 9.62 Å². The fourth-order valence-electron chi connectivity index (χ4n) is 2.87. The second kappa shape index (κ2) is 7.22. The molecule has 1 heterocycles. The van der Waals surface area contributed by atoms with E-state index in [2.05, 4.69) is 4.72 Å². The lowest BCUT2D eigenvalue weighted by molar-refractivity contribution is -0.122. The highest BCUT2D eigenvalue weighted by atomic mass is 35.5. The van der Waals surface area contributed by atoms with Crippen LogP contribution in [0.15, 0.2) is 41.3 Å². The first kappa shape index (κ1) is 18.6. The van der Waals surface area contributed by atoms with Crippen LogP contribution in [0.1, 0.15) is 5.56 Å². The first-order valence-electron chi connectivity index (χ1n) is 7.72. The summed E-state index contributed by atoms with van der Waals surface area (Å²) in [5.74, 6) is -1.10. The van der Waals surface area contributed by atoms with Crippen molar-refractivity contribution >= 4 is 38.9 Å². The number of ether oxygens (including phenoxy) is 1. The van der Waals surface area contributed by atoms with Gasteiger partial charge in [0.1, 0.15) is 17.3 Å². The average Bonchev–Trinajstić information content (AvgIpc) is 2.97. The van der Waals surface area contributed by atoms with E-state index in [0.29, 0.717) is 18.7 Å². The molecule has 0 fully saturated rings. The largest absolute Gasteiger partial charge is 0.375 e. The van der Waals surface area contributed by atoms with E-state index in [4.69, 9.17) is 16.3 Å². The Balaban J connectivity index is 1.88. The van der Waals surface area contributed by atoms with Crippen molar-refractivity contribution in [2.45, 2.75) is 11.3 Å². The molecule has 9 heteroatoms. The summed E-state index contributed by atoms with van der Waals surface area (Å²) in [6.07, 6.45) is 0.584. The summed E-state index contributed by atoms with van der Waals surface area (Å²) in [7, 11) is -2.74. The van der Waals surface area contributed by atoms with Crippen LogP contribution in [0.5, 0.6) is 0 Å². The highest BCUT2D eigenvalue weighted by molar-refractivity contribution is 7.92. The van der Waals surface area contributed by atoms with E-state index in [0.717, 1.165) is 11.6 Å². The summed E-state index contributed by atoms with van der Waals surface area (Å²) >= 11 is 5.84. The Kier molecular flexibility index (Phi) is 5.17. The number of methoxy groups -OCH3 is 1. The van der Waals surface area contributed by atoms with E-state index in [1.54, 1.807) is 17.0 Å². The van der Waals surface area contributed by atoms with Crippen molar-refractivity contribution < 1.29 is 22.3 Å². The molecule has 1 aliphatic heterocycles. The Morgan fingerprint density at radius 1 is 1.35 bits per heavy atom. The van der Waals surface area contributed by atoms with E-state index in [-0.39, 0.29) is 23.2 Å². The molecule has 1 aliphatic rings. The molecule has 6 nitrogen and oxygen atoms in total. The topological polar surface area (TPSA) is 75.7 Å². The van der Waals surface area contributed by atoms with Crippen molar-refractivity contribution in [2.24, 2.45) is 0 Å². The maximum atomic E-state index is 13.9. The molecule has 2 aromatic carbocycles. The second-order valence-corrected chi connectivity index (χ2v) is 7.75. The van der Waals surface area contributed by atoms with E-state index < -0.39 is 20.7 Å². The quantitative estimate of drug-likeness (QED) is 0.840. The minimum atomic E-state index is -4.19. The molecule has 1 N–H and O–H groups in total. The zero-order valence-electron chi connectivity index (χ0n) is 13.8. The first-order chi connectivity index (χ1) is 12.3. The van der Waals surface area contributed by atoms with Gasteiger partial charge in [0.25, 0.3) is 15.9 Å². The van der Waals surface area contributed by atoms with Gasteiger partial charge in [-0.15, -0.1) is 0 Å². The zero-order valence-corrected chi connectivity index (χ0v) is 15.4. The summed E-state index contributed by atoms with van der Waals surface area (Å²) in [6, 6.07) is 8.46. The lowest BCUT2D eigenvalue weighted by atomic mass is 10.1. The molecule has 0 bridgehead atoms. The third-order valence-electron chi connectivity index (χ3n) is 3.98. The summed E-state index contributed by atoms with van der Waals surface area (Å²) in [5.41, 5.74) is 1.79. The molecule has 0 unspecified atom stereocenters. The fraction of sp³-hybridized carbons (Fsp3) is 0.235. The molecule has 0 aromatic heterocycles. The standard InChI is InChI=1S/C17H16ClFN2O4S/c1-25-10-16(22)21-8-7-11-9-12(5-6-15(11)21)20-26(23,24)17-13(18)3-2-4-14(17)19/h2-6,9,20H,7-8,10H2,1H3. The Morgan fingerprint density at radius 3 is 2.81 bits per heavy atom. The summed E-state index contributed by atoms with van der Waals surface area (Å²) in [6.45, 7) is 0.465. The number of nitrogens with one attached hydrogen (secondary N) is 1. The van der Waals surface area contributed by atoms with E-state index in [1.807, 2.05) is 0 Å². The number of hydrogen-bond acceptors (Lipinski definition) is 4. The highest BCUT2D eigenvalue weighted by Gasteiger charge is 2.26. The fourth-order valence-corrected chi connectivity index (χ4v) is 4.53. The van der Waals surface area contributed by atoms with Gasteiger partial charge in [-0.1, -0.05) is 17.7 Å². The Labute approximate surface area is 155 Å². The summed E-state index contributed by atoms with van der Waals surface area (Å²) in [5, 5.41) is -0.199. The van der Waals surface area contributed by atoms with Gasteiger partial charge in [-0.3, -0.25) is 9.52 Å². The van der Waals surface area contributed by atoms with Gasteiger partial charge in [-0.25, -0.2) is 12.8 Å². The molecular formula is C17H16ClFN2O4S. The maximum Gasteiger partial charge on any atom is 0.266 e. The Hall–Kier alpha value is -2.16. The van der Waals surface area contributed by atoms with Crippen molar-refractivity contribution in [3.63, 3.8) is 0 Å². The summed E-state index contributed by atoms with van der Waals surface area (Å²) < 4.78 is 46.1. The van der Waals surface area contributed by atoms with Crippen LogP contribution in [-0.4, -0.2) is 34.6 Å². The normalized spacial score (nSPS) is 13.6. The molecule has 138 valence electrons. The molecule has 0 radical (unpaired) electrons. The van der Waals surface area contributed by atoms with Crippen LogP contribution in [0.2, 0.25) is 5.02 Å². The van der Waals surface area contributed by atoms with Gasteiger partial charge in [0.05, 0.1) is 5.02 Å². The van der Waals surface area contributed by atoms with E-state index in [9.17, 15) is 17.6 Å². The second-order valence-electron chi connectivity index (χ2n) is 5.73. The molecule has 26 heavy (non-hydrogen) atoms. The molecule has 0 saturated carbocycles. The van der Waals surface area contributed by atoms with Crippen LogP contribution in [0, 0.1) is 5.82 Å². The number of fused-ring (bicyclic) bond motifs is 1. The van der Waals surface area contributed by atoms with Crippen molar-refractivity contribution in [3.8, 4) is 0 Å². The SMILES string of the molecule is COCC(=O)N1CCc2cc(NS(=O)(=O)c3c(F)cccc3Cl)ccc21. The lowest BCUT2D eigenvalue weighted by Gasteiger charge is -2.17. The predicted octanol–water partition coefficient (Wildman–Crippen LogP) is 2.82. The molecule has 2 aromatic rings. The monoisotopic (exact) mass is 398 g/mol. The summed E-state index contributed by atoms with van der Waals surface area (Å²) in [4.78, 5) is 13.0. The number of halogens is 2.